The smallest absolute Gasteiger partial charge is 0.251 e. The average molecular weight is 483 g/mol. The van der Waals surface area contributed by atoms with Gasteiger partial charge in [-0.1, -0.05) is 89.5 Å². The molecule has 3 N–H and O–H groups in total. The Kier molecular flexibility index (Phi) is 19.9. The van der Waals surface area contributed by atoms with E-state index in [9.17, 15) is 4.79 Å². The lowest BCUT2D eigenvalue weighted by Crippen LogP contribution is -2.24. The summed E-state index contributed by atoms with van der Waals surface area (Å²) in [6, 6.07) is 5.55. The molecule has 0 saturated heterocycles. The summed E-state index contributed by atoms with van der Waals surface area (Å²) < 4.78 is 0. The predicted molar refractivity (Wildman–Crippen MR) is 155 cm³/mol. The highest BCUT2D eigenvalue weighted by Gasteiger charge is 2.08. The van der Waals surface area contributed by atoms with E-state index in [1.807, 2.05) is 38.1 Å². The SMILES string of the molecule is C/C=C\C(=C/C)CCNc1nc2ccc(C(=O)NCCCC)cc2[nH]1.C=C.CCCCCCCC. The minimum atomic E-state index is -0.0384. The molecule has 1 aromatic heterocycles. The van der Waals surface area contributed by atoms with Crippen LogP contribution in [0.15, 0.2) is 55.2 Å². The van der Waals surface area contributed by atoms with E-state index in [-0.39, 0.29) is 5.91 Å². The van der Waals surface area contributed by atoms with Crippen LogP contribution in [0.3, 0.4) is 0 Å². The quantitative estimate of drug-likeness (QED) is 0.143. The van der Waals surface area contributed by atoms with Crippen molar-refractivity contribution in [3.8, 4) is 0 Å². The van der Waals surface area contributed by atoms with Crippen LogP contribution in [0.1, 0.15) is 103 Å². The van der Waals surface area contributed by atoms with Gasteiger partial charge in [0.25, 0.3) is 5.91 Å². The monoisotopic (exact) mass is 482 g/mol. The number of aromatic amines is 1. The number of hydrogen-bond donors (Lipinski definition) is 3. The van der Waals surface area contributed by atoms with E-state index in [1.165, 1.54) is 44.1 Å². The van der Waals surface area contributed by atoms with Gasteiger partial charge >= 0.3 is 0 Å². The number of unbranched alkanes of at least 4 members (excludes halogenated alkanes) is 6. The van der Waals surface area contributed by atoms with Crippen molar-refractivity contribution in [1.29, 1.82) is 0 Å². The number of hydrogen-bond acceptors (Lipinski definition) is 3. The lowest BCUT2D eigenvalue weighted by atomic mass is 10.1. The van der Waals surface area contributed by atoms with Crippen LogP contribution in [0.5, 0.6) is 0 Å². The Labute approximate surface area is 214 Å². The minimum Gasteiger partial charge on any atom is -0.355 e. The van der Waals surface area contributed by atoms with E-state index in [4.69, 9.17) is 0 Å². The summed E-state index contributed by atoms with van der Waals surface area (Å²) in [6.45, 7) is 18.2. The molecule has 0 unspecified atom stereocenters. The first-order valence-corrected chi connectivity index (χ1v) is 13.4. The number of amides is 1. The molecule has 5 heteroatoms. The fraction of sp³-hybridized carbons (Fsp3) is 0.533. The number of nitrogens with zero attached hydrogens (tertiary/aromatic N) is 1. The van der Waals surface area contributed by atoms with Gasteiger partial charge in [-0.3, -0.25) is 4.79 Å². The first-order chi connectivity index (χ1) is 17.1. The van der Waals surface area contributed by atoms with Crippen molar-refractivity contribution in [3.63, 3.8) is 0 Å². The molecule has 0 fully saturated rings. The summed E-state index contributed by atoms with van der Waals surface area (Å²) in [6.07, 6.45) is 17.8. The van der Waals surface area contributed by atoms with Crippen LogP contribution in [-0.4, -0.2) is 29.0 Å². The fourth-order valence-corrected chi connectivity index (χ4v) is 3.43. The maximum absolute atomic E-state index is 12.1. The van der Waals surface area contributed by atoms with E-state index >= 15 is 0 Å². The van der Waals surface area contributed by atoms with Crippen molar-refractivity contribution in [2.24, 2.45) is 0 Å². The van der Waals surface area contributed by atoms with Crippen LogP contribution in [0.25, 0.3) is 11.0 Å². The highest BCUT2D eigenvalue weighted by Crippen LogP contribution is 2.16. The second kappa shape index (κ2) is 21.7. The van der Waals surface area contributed by atoms with Crippen molar-refractivity contribution < 1.29 is 4.79 Å². The van der Waals surface area contributed by atoms with E-state index in [2.05, 4.69) is 66.7 Å². The van der Waals surface area contributed by atoms with Gasteiger partial charge in [0.15, 0.2) is 0 Å². The molecule has 0 spiro atoms. The van der Waals surface area contributed by atoms with E-state index in [0.717, 1.165) is 42.8 Å². The minimum absolute atomic E-state index is 0.0384. The number of imidazole rings is 1. The molecule has 0 aliphatic heterocycles. The van der Waals surface area contributed by atoms with Crippen LogP contribution < -0.4 is 10.6 Å². The van der Waals surface area contributed by atoms with Crippen LogP contribution in [0.4, 0.5) is 5.95 Å². The van der Waals surface area contributed by atoms with Gasteiger partial charge in [-0.25, -0.2) is 4.98 Å². The molecule has 5 nitrogen and oxygen atoms in total. The van der Waals surface area contributed by atoms with Gasteiger partial charge in [0.1, 0.15) is 0 Å². The molecule has 0 bridgehead atoms. The zero-order chi connectivity index (χ0) is 26.3. The molecule has 1 amide bonds. The molecule has 0 radical (unpaired) electrons. The molecule has 2 rings (SSSR count). The maximum Gasteiger partial charge on any atom is 0.251 e. The van der Waals surface area contributed by atoms with Crippen molar-refractivity contribution in [3.05, 3.63) is 60.7 Å². The second-order valence-corrected chi connectivity index (χ2v) is 8.38. The van der Waals surface area contributed by atoms with Crippen LogP contribution >= 0.6 is 0 Å². The van der Waals surface area contributed by atoms with Crippen LogP contribution in [0.2, 0.25) is 0 Å². The average Bonchev–Trinajstić information content (AvgIpc) is 3.30. The van der Waals surface area contributed by atoms with Crippen molar-refractivity contribution in [2.75, 3.05) is 18.4 Å². The highest BCUT2D eigenvalue weighted by atomic mass is 16.1. The summed E-state index contributed by atoms with van der Waals surface area (Å²) in [5, 5.41) is 6.24. The van der Waals surface area contributed by atoms with Crippen molar-refractivity contribution >= 4 is 22.9 Å². The summed E-state index contributed by atoms with van der Waals surface area (Å²) in [4.78, 5) is 19.9. The topological polar surface area (TPSA) is 69.8 Å². The van der Waals surface area contributed by atoms with Crippen LogP contribution in [-0.2, 0) is 0 Å². The Morgan fingerprint density at radius 3 is 2.20 bits per heavy atom. The van der Waals surface area contributed by atoms with Gasteiger partial charge < -0.3 is 15.6 Å². The Morgan fingerprint density at radius 1 is 0.971 bits per heavy atom. The number of nitrogens with one attached hydrogen (secondary N) is 3. The predicted octanol–water partition coefficient (Wildman–Crippen LogP) is 8.59. The Bertz CT molecular complexity index is 860. The number of H-pyrrole nitrogens is 1. The largest absolute Gasteiger partial charge is 0.355 e. The number of fused-ring (bicyclic) bond motifs is 1. The number of rotatable bonds is 14. The van der Waals surface area contributed by atoms with Gasteiger partial charge in [-0.2, -0.15) is 0 Å². The Balaban J connectivity index is 0.000000982. The number of allylic oxidation sites excluding steroid dienone is 3. The molecule has 196 valence electrons. The third-order valence-corrected chi connectivity index (χ3v) is 5.47. The fourth-order valence-electron chi connectivity index (χ4n) is 3.43. The molecule has 0 aliphatic rings. The van der Waals surface area contributed by atoms with E-state index in [1.54, 1.807) is 0 Å². The van der Waals surface area contributed by atoms with Gasteiger partial charge in [0.2, 0.25) is 5.95 Å². The summed E-state index contributed by atoms with van der Waals surface area (Å²) >= 11 is 0. The number of benzene rings is 1. The van der Waals surface area contributed by atoms with Gasteiger partial charge in [0, 0.05) is 18.7 Å². The Hall–Kier alpha value is -2.82. The first-order valence-electron chi connectivity index (χ1n) is 13.4. The maximum atomic E-state index is 12.1. The van der Waals surface area contributed by atoms with Gasteiger partial charge in [0.05, 0.1) is 11.0 Å². The zero-order valence-electron chi connectivity index (χ0n) is 23.0. The van der Waals surface area contributed by atoms with Crippen molar-refractivity contribution in [1.82, 2.24) is 15.3 Å². The molecular weight excluding hydrogens is 432 g/mol. The second-order valence-electron chi connectivity index (χ2n) is 8.38. The van der Waals surface area contributed by atoms with Crippen molar-refractivity contribution in [2.45, 2.75) is 92.4 Å². The Morgan fingerprint density at radius 2 is 1.63 bits per heavy atom. The zero-order valence-corrected chi connectivity index (χ0v) is 23.0. The summed E-state index contributed by atoms with van der Waals surface area (Å²) in [5.41, 5.74) is 3.66. The summed E-state index contributed by atoms with van der Waals surface area (Å²) in [5.74, 6) is 0.693. The number of carbonyl (C=O) groups excluding carboxylic acids is 1. The molecule has 35 heavy (non-hydrogen) atoms. The summed E-state index contributed by atoms with van der Waals surface area (Å²) in [7, 11) is 0. The third-order valence-electron chi connectivity index (χ3n) is 5.47. The number of aromatic nitrogens is 2. The molecule has 0 saturated carbocycles. The first kappa shape index (κ1) is 32.2. The third kappa shape index (κ3) is 14.2. The van der Waals surface area contributed by atoms with Gasteiger partial charge in [-0.05, 0) is 44.9 Å². The molecule has 0 aliphatic carbocycles. The van der Waals surface area contributed by atoms with E-state index in [0.29, 0.717) is 12.1 Å². The lowest BCUT2D eigenvalue weighted by Gasteiger charge is -2.04. The van der Waals surface area contributed by atoms with Gasteiger partial charge in [-0.15, -0.1) is 13.2 Å². The number of carbonyl (C=O) groups is 1. The molecule has 2 aromatic rings. The lowest BCUT2D eigenvalue weighted by molar-refractivity contribution is 0.0953. The van der Waals surface area contributed by atoms with E-state index < -0.39 is 0 Å². The normalized spacial score (nSPS) is 10.9. The standard InChI is InChI=1S/C20H28N4O.C8H18.C2H4/c1-4-7-12-21-19(25)16-9-10-17-18(14-16)24-20(23-17)22-13-11-15(6-3)8-5-2;1-3-5-7-8-6-4-2;1-2/h5-6,8-10,14H,4,7,11-13H2,1-3H3,(H,21,25)(H2,22,23,24);3-8H2,1-2H3;1-2H2/b8-5-,15-6+;;. The number of anilines is 1. The molecule has 0 atom stereocenters. The molecular formula is C30H50N4O. The highest BCUT2D eigenvalue weighted by molar-refractivity contribution is 5.97. The van der Waals surface area contributed by atoms with Crippen LogP contribution in [0, 0.1) is 0 Å². The molecule has 1 heterocycles. The molecule has 1 aromatic carbocycles.